The van der Waals surface area contributed by atoms with E-state index in [-0.39, 0.29) is 5.02 Å². The van der Waals surface area contributed by atoms with E-state index in [1.54, 1.807) is 23.1 Å². The van der Waals surface area contributed by atoms with Crippen LogP contribution in [0.1, 0.15) is 6.42 Å². The predicted octanol–water partition coefficient (Wildman–Crippen LogP) is 3.17. The van der Waals surface area contributed by atoms with Gasteiger partial charge < -0.3 is 9.55 Å². The van der Waals surface area contributed by atoms with Gasteiger partial charge in [-0.2, -0.15) is 0 Å². The number of hydrogen-bond acceptors (Lipinski definition) is 3. The van der Waals surface area contributed by atoms with Gasteiger partial charge in [-0.15, -0.1) is 5.10 Å². The zero-order valence-electron chi connectivity index (χ0n) is 10.4. The summed E-state index contributed by atoms with van der Waals surface area (Å²) in [5.41, 5.74) is 1.46. The van der Waals surface area contributed by atoms with Gasteiger partial charge in [-0.1, -0.05) is 16.8 Å². The maximum Gasteiger partial charge on any atom is 0.178 e. The highest BCUT2D eigenvalue weighted by Crippen LogP contribution is 2.22. The number of hydrogen-bond donors (Lipinski definition) is 1. The Bertz CT molecular complexity index is 792. The van der Waals surface area contributed by atoms with E-state index in [0.29, 0.717) is 11.3 Å². The molecule has 0 atom stereocenters. The van der Waals surface area contributed by atoms with E-state index >= 15 is 0 Å². The third kappa shape index (κ3) is 2.46. The van der Waals surface area contributed by atoms with Crippen LogP contribution in [0, 0.1) is 10.6 Å². The van der Waals surface area contributed by atoms with Crippen molar-refractivity contribution in [2.75, 3.05) is 0 Å². The molecule has 0 aliphatic rings. The lowest BCUT2D eigenvalue weighted by atomic mass is 10.3. The number of aromatic amines is 1. The van der Waals surface area contributed by atoms with Crippen LogP contribution in [0.4, 0.5) is 4.39 Å². The number of halogens is 2. The second-order valence-electron chi connectivity index (χ2n) is 4.38. The van der Waals surface area contributed by atoms with E-state index in [2.05, 4.69) is 15.3 Å². The molecular formula is C12H11ClFN5S. The van der Waals surface area contributed by atoms with E-state index in [9.17, 15) is 4.39 Å². The molecule has 0 amide bonds. The van der Waals surface area contributed by atoms with Gasteiger partial charge in [-0.3, -0.25) is 4.68 Å². The fraction of sp³-hybridized carbons (Fsp3) is 0.250. The van der Waals surface area contributed by atoms with E-state index in [0.717, 1.165) is 24.0 Å². The van der Waals surface area contributed by atoms with Gasteiger partial charge >= 0.3 is 0 Å². The first kappa shape index (κ1) is 13.3. The highest BCUT2D eigenvalue weighted by Gasteiger charge is 2.09. The summed E-state index contributed by atoms with van der Waals surface area (Å²) >= 11 is 11.0. The van der Waals surface area contributed by atoms with Crippen molar-refractivity contribution >= 4 is 34.9 Å². The fourth-order valence-corrected chi connectivity index (χ4v) is 2.58. The highest BCUT2D eigenvalue weighted by molar-refractivity contribution is 7.71. The Hall–Kier alpha value is -1.73. The Morgan fingerprint density at radius 2 is 2.20 bits per heavy atom. The average molecular weight is 312 g/mol. The van der Waals surface area contributed by atoms with E-state index in [4.69, 9.17) is 23.8 Å². The number of nitrogens with one attached hydrogen (secondary N) is 1. The van der Waals surface area contributed by atoms with Gasteiger partial charge in [0.15, 0.2) is 4.77 Å². The number of H-pyrrole nitrogens is 1. The molecule has 0 spiro atoms. The first-order chi connectivity index (χ1) is 9.65. The topological polar surface area (TPSA) is 51.4 Å². The summed E-state index contributed by atoms with van der Waals surface area (Å²) < 4.78 is 17.7. The molecule has 0 radical (unpaired) electrons. The normalized spacial score (nSPS) is 11.3. The number of aromatic nitrogens is 5. The van der Waals surface area contributed by atoms with Crippen molar-refractivity contribution in [1.29, 1.82) is 0 Å². The summed E-state index contributed by atoms with van der Waals surface area (Å²) in [6, 6.07) is 2.95. The van der Waals surface area contributed by atoms with Crippen molar-refractivity contribution in [2.45, 2.75) is 19.5 Å². The number of benzene rings is 1. The summed E-state index contributed by atoms with van der Waals surface area (Å²) in [6.45, 7) is 1.39. The van der Waals surface area contributed by atoms with Gasteiger partial charge in [-0.05, 0) is 24.7 Å². The molecule has 20 heavy (non-hydrogen) atoms. The molecule has 2 aromatic heterocycles. The lowest BCUT2D eigenvalue weighted by Gasteiger charge is -2.05. The first-order valence-electron chi connectivity index (χ1n) is 6.07. The molecule has 0 aliphatic carbocycles. The number of fused-ring (bicyclic) bond motifs is 1. The van der Waals surface area contributed by atoms with Crippen LogP contribution < -0.4 is 0 Å². The Balaban J connectivity index is 1.85. The molecule has 3 rings (SSSR count). The molecule has 0 saturated heterocycles. The summed E-state index contributed by atoms with van der Waals surface area (Å²) in [5.74, 6) is -0.446. The Kier molecular flexibility index (Phi) is 3.54. The Labute approximate surface area is 124 Å². The quantitative estimate of drug-likeness (QED) is 0.753. The molecule has 0 unspecified atom stereocenters. The van der Waals surface area contributed by atoms with Crippen molar-refractivity contribution in [2.24, 2.45) is 0 Å². The van der Waals surface area contributed by atoms with Crippen LogP contribution in [0.5, 0.6) is 0 Å². The highest BCUT2D eigenvalue weighted by atomic mass is 35.5. The summed E-state index contributed by atoms with van der Waals surface area (Å²) in [5, 5.41) is 7.72. The van der Waals surface area contributed by atoms with Crippen LogP contribution >= 0.6 is 23.8 Å². The fourth-order valence-electron chi connectivity index (χ4n) is 2.12. The van der Waals surface area contributed by atoms with Crippen LogP contribution in [0.2, 0.25) is 5.02 Å². The number of aryl methyl sites for hydroxylation is 2. The van der Waals surface area contributed by atoms with Crippen LogP contribution in [0.25, 0.3) is 11.0 Å². The van der Waals surface area contributed by atoms with Gasteiger partial charge in [0.2, 0.25) is 0 Å². The zero-order valence-corrected chi connectivity index (χ0v) is 12.0. The minimum Gasteiger partial charge on any atom is -0.331 e. The monoisotopic (exact) mass is 311 g/mol. The largest absolute Gasteiger partial charge is 0.331 e. The lowest BCUT2D eigenvalue weighted by Crippen LogP contribution is -2.05. The minimum atomic E-state index is -0.446. The second kappa shape index (κ2) is 5.34. The molecule has 0 aliphatic heterocycles. The average Bonchev–Trinajstić information content (AvgIpc) is 3.01. The van der Waals surface area contributed by atoms with Crippen molar-refractivity contribution in [3.05, 3.63) is 40.1 Å². The van der Waals surface area contributed by atoms with Crippen LogP contribution in [0.3, 0.4) is 0 Å². The zero-order chi connectivity index (χ0) is 14.1. The predicted molar refractivity (Wildman–Crippen MR) is 76.7 cm³/mol. The molecule has 3 aromatic rings. The van der Waals surface area contributed by atoms with E-state index in [1.165, 1.54) is 6.07 Å². The molecule has 5 nitrogen and oxygen atoms in total. The number of rotatable bonds is 4. The van der Waals surface area contributed by atoms with Crippen molar-refractivity contribution in [1.82, 2.24) is 24.5 Å². The maximum atomic E-state index is 13.6. The lowest BCUT2D eigenvalue weighted by molar-refractivity contribution is 0.517. The van der Waals surface area contributed by atoms with Crippen LogP contribution in [0.15, 0.2) is 24.5 Å². The summed E-state index contributed by atoms with van der Waals surface area (Å²) in [7, 11) is 0. The summed E-state index contributed by atoms with van der Waals surface area (Å²) in [6.07, 6.45) is 4.25. The third-order valence-corrected chi connectivity index (χ3v) is 3.67. The molecule has 1 aromatic carbocycles. The molecule has 8 heteroatoms. The maximum absolute atomic E-state index is 13.6. The molecule has 2 heterocycles. The first-order valence-corrected chi connectivity index (χ1v) is 6.85. The standard InChI is InChI=1S/C12H11ClFN5S/c13-8-6-10-11(7-9(8)14)19(12(20)16-10)4-1-3-18-5-2-15-17-18/h2,5-7H,1,3-4H2,(H,16,20). The Morgan fingerprint density at radius 3 is 2.95 bits per heavy atom. The van der Waals surface area contributed by atoms with Gasteiger partial charge in [-0.25, -0.2) is 4.39 Å². The molecular weight excluding hydrogens is 301 g/mol. The molecule has 1 N–H and O–H groups in total. The van der Waals surface area contributed by atoms with Gasteiger partial charge in [0.05, 0.1) is 22.3 Å². The molecule has 0 saturated carbocycles. The SMILES string of the molecule is Fc1cc2c(cc1Cl)[nH]c(=S)n2CCCn1ccnn1. The Morgan fingerprint density at radius 1 is 1.35 bits per heavy atom. The minimum absolute atomic E-state index is 0.0866. The number of nitrogens with zero attached hydrogens (tertiary/aromatic N) is 4. The molecule has 0 fully saturated rings. The van der Waals surface area contributed by atoms with Crippen LogP contribution in [-0.4, -0.2) is 24.5 Å². The second-order valence-corrected chi connectivity index (χ2v) is 5.18. The van der Waals surface area contributed by atoms with Crippen LogP contribution in [-0.2, 0) is 13.1 Å². The van der Waals surface area contributed by atoms with Gasteiger partial charge in [0.1, 0.15) is 5.82 Å². The van der Waals surface area contributed by atoms with Crippen molar-refractivity contribution < 1.29 is 4.39 Å². The molecule has 104 valence electrons. The van der Waals surface area contributed by atoms with Gasteiger partial charge in [0, 0.05) is 25.4 Å². The number of imidazole rings is 1. The van der Waals surface area contributed by atoms with E-state index in [1.807, 2.05) is 4.57 Å². The van der Waals surface area contributed by atoms with Crippen molar-refractivity contribution in [3.8, 4) is 0 Å². The van der Waals surface area contributed by atoms with Gasteiger partial charge in [0.25, 0.3) is 0 Å². The smallest absolute Gasteiger partial charge is 0.178 e. The third-order valence-electron chi connectivity index (χ3n) is 3.06. The van der Waals surface area contributed by atoms with E-state index < -0.39 is 5.82 Å². The van der Waals surface area contributed by atoms with Crippen molar-refractivity contribution in [3.63, 3.8) is 0 Å². The summed E-state index contributed by atoms with van der Waals surface area (Å²) in [4.78, 5) is 3.03. The molecule has 0 bridgehead atoms.